The Balaban J connectivity index is 2.05. The Morgan fingerprint density at radius 3 is 2.36 bits per heavy atom. The third-order valence-corrected chi connectivity index (χ3v) is 6.17. The van der Waals surface area contributed by atoms with Gasteiger partial charge in [0.1, 0.15) is 0 Å². The molecule has 0 radical (unpaired) electrons. The lowest BCUT2D eigenvalue weighted by Gasteiger charge is -2.43. The van der Waals surface area contributed by atoms with E-state index in [2.05, 4.69) is 4.90 Å². The predicted molar refractivity (Wildman–Crippen MR) is 84.6 cm³/mol. The van der Waals surface area contributed by atoms with Crippen molar-refractivity contribution in [2.75, 3.05) is 65.0 Å². The zero-order valence-electron chi connectivity index (χ0n) is 13.7. The van der Waals surface area contributed by atoms with Crippen LogP contribution in [0.1, 0.15) is 6.92 Å². The van der Waals surface area contributed by atoms with Crippen LogP contribution in [0, 0.1) is 0 Å². The average Bonchev–Trinajstić information content (AvgIpc) is 2.76. The number of likely N-dealkylation sites (N-methyl/N-ethyl adjacent to an activating group) is 1. The molecule has 0 N–H and O–H groups in total. The Bertz CT molecular complexity index is 494. The van der Waals surface area contributed by atoms with E-state index in [-0.39, 0.29) is 29.5 Å². The fourth-order valence-corrected chi connectivity index (χ4v) is 5.25. The monoisotopic (exact) mass is 333 g/mol. The first-order valence-electron chi connectivity index (χ1n) is 7.80. The van der Waals surface area contributed by atoms with Gasteiger partial charge in [0.2, 0.25) is 5.91 Å². The first-order valence-corrected chi connectivity index (χ1v) is 9.62. The van der Waals surface area contributed by atoms with Gasteiger partial charge in [-0.15, -0.1) is 0 Å². The fraction of sp³-hybridized carbons (Fsp3) is 0.929. The number of carbonyl (C=O) groups is 1. The van der Waals surface area contributed by atoms with Crippen molar-refractivity contribution in [2.24, 2.45) is 0 Å². The van der Waals surface area contributed by atoms with Crippen LogP contribution in [-0.2, 0) is 19.4 Å². The smallest absolute Gasteiger partial charge is 0.236 e. The second-order valence-electron chi connectivity index (χ2n) is 6.20. The molecule has 0 bridgehead atoms. The summed E-state index contributed by atoms with van der Waals surface area (Å²) < 4.78 is 29.5. The van der Waals surface area contributed by atoms with Crippen LogP contribution >= 0.6 is 0 Å². The summed E-state index contributed by atoms with van der Waals surface area (Å²) in [6.07, 6.45) is 0. The van der Waals surface area contributed by atoms with Gasteiger partial charge in [0, 0.05) is 52.4 Å². The van der Waals surface area contributed by atoms with Gasteiger partial charge in [-0.05, 0) is 6.92 Å². The van der Waals surface area contributed by atoms with Gasteiger partial charge in [-0.3, -0.25) is 14.6 Å². The van der Waals surface area contributed by atoms with Crippen molar-refractivity contribution in [2.45, 2.75) is 19.0 Å². The summed E-state index contributed by atoms with van der Waals surface area (Å²) >= 11 is 0. The highest BCUT2D eigenvalue weighted by atomic mass is 32.2. The molecule has 2 aliphatic rings. The molecule has 0 unspecified atom stereocenters. The van der Waals surface area contributed by atoms with E-state index in [1.54, 1.807) is 19.0 Å². The minimum absolute atomic E-state index is 0.0193. The summed E-state index contributed by atoms with van der Waals surface area (Å²) in [5, 5.41) is 0. The van der Waals surface area contributed by atoms with Crippen molar-refractivity contribution in [1.82, 2.24) is 14.7 Å². The van der Waals surface area contributed by atoms with Gasteiger partial charge in [0.15, 0.2) is 9.84 Å². The van der Waals surface area contributed by atoms with E-state index in [1.165, 1.54) is 0 Å². The van der Waals surface area contributed by atoms with Crippen LogP contribution in [0.2, 0.25) is 0 Å². The second-order valence-corrected chi connectivity index (χ2v) is 8.36. The van der Waals surface area contributed by atoms with E-state index in [9.17, 15) is 13.2 Å². The molecular weight excluding hydrogens is 306 g/mol. The molecule has 0 aromatic carbocycles. The third-order valence-electron chi connectivity index (χ3n) is 4.47. The molecule has 2 saturated heterocycles. The molecule has 2 aliphatic heterocycles. The number of piperazine rings is 1. The van der Waals surface area contributed by atoms with E-state index in [1.807, 2.05) is 11.8 Å². The number of amides is 1. The van der Waals surface area contributed by atoms with Gasteiger partial charge < -0.3 is 9.64 Å². The van der Waals surface area contributed by atoms with Crippen LogP contribution in [0.5, 0.6) is 0 Å². The Morgan fingerprint density at radius 2 is 1.77 bits per heavy atom. The Kier molecular flexibility index (Phi) is 5.81. The number of sulfone groups is 1. The number of hydrogen-bond acceptors (Lipinski definition) is 6. The topological polar surface area (TPSA) is 70.2 Å². The van der Waals surface area contributed by atoms with E-state index >= 15 is 0 Å². The molecule has 0 saturated carbocycles. The number of nitrogens with zero attached hydrogens (tertiary/aromatic N) is 3. The number of rotatable bonds is 6. The molecule has 2 fully saturated rings. The average molecular weight is 333 g/mol. The van der Waals surface area contributed by atoms with Crippen molar-refractivity contribution in [3.8, 4) is 0 Å². The lowest BCUT2D eigenvalue weighted by molar-refractivity contribution is -0.131. The van der Waals surface area contributed by atoms with Gasteiger partial charge in [-0.25, -0.2) is 8.42 Å². The van der Waals surface area contributed by atoms with Crippen molar-refractivity contribution < 1.29 is 17.9 Å². The molecule has 0 spiro atoms. The minimum atomic E-state index is -3.03. The van der Waals surface area contributed by atoms with E-state index in [0.717, 1.165) is 19.6 Å². The Hall–Kier alpha value is -0.700. The van der Waals surface area contributed by atoms with Crippen LogP contribution < -0.4 is 0 Å². The molecular formula is C14H27N3O4S. The second kappa shape index (κ2) is 7.25. The van der Waals surface area contributed by atoms with Gasteiger partial charge in [-0.2, -0.15) is 0 Å². The quantitative estimate of drug-likeness (QED) is 0.575. The van der Waals surface area contributed by atoms with Crippen molar-refractivity contribution in [3.63, 3.8) is 0 Å². The summed E-state index contributed by atoms with van der Waals surface area (Å²) in [6, 6.07) is -0.0987. The number of carbonyl (C=O) groups excluding carboxylic acids is 1. The summed E-state index contributed by atoms with van der Waals surface area (Å²) in [6.45, 7) is 5.80. The molecule has 1 amide bonds. The summed E-state index contributed by atoms with van der Waals surface area (Å²) in [7, 11) is 0.421. The molecule has 7 nitrogen and oxygen atoms in total. The molecule has 0 aromatic heterocycles. The Labute approximate surface area is 133 Å². The van der Waals surface area contributed by atoms with Crippen LogP contribution in [0.25, 0.3) is 0 Å². The summed E-state index contributed by atoms with van der Waals surface area (Å²) in [5.41, 5.74) is 0. The van der Waals surface area contributed by atoms with E-state index in [0.29, 0.717) is 19.8 Å². The van der Waals surface area contributed by atoms with Crippen LogP contribution in [-0.4, -0.2) is 106 Å². The van der Waals surface area contributed by atoms with Crippen LogP contribution in [0.15, 0.2) is 0 Å². The summed E-state index contributed by atoms with van der Waals surface area (Å²) in [5.74, 6) is 0.366. The van der Waals surface area contributed by atoms with Gasteiger partial charge in [0.25, 0.3) is 0 Å². The van der Waals surface area contributed by atoms with Crippen molar-refractivity contribution in [3.05, 3.63) is 0 Å². The van der Waals surface area contributed by atoms with Crippen LogP contribution in [0.4, 0.5) is 0 Å². The molecule has 0 aromatic rings. The maximum atomic E-state index is 12.1. The Morgan fingerprint density at radius 1 is 1.18 bits per heavy atom. The van der Waals surface area contributed by atoms with Crippen molar-refractivity contribution in [1.29, 1.82) is 0 Å². The van der Waals surface area contributed by atoms with Gasteiger partial charge in [-0.1, -0.05) is 0 Å². The SMILES string of the molecule is CCOCCN1CCN(CC(=O)N(C)C)[C@@H]2CS(=O)(=O)C[C@@H]21. The fourth-order valence-electron chi connectivity index (χ4n) is 3.21. The highest BCUT2D eigenvalue weighted by Gasteiger charge is 2.46. The highest BCUT2D eigenvalue weighted by Crippen LogP contribution is 2.26. The predicted octanol–water partition coefficient (Wildman–Crippen LogP) is -1.11. The molecule has 2 heterocycles. The molecule has 0 aliphatic carbocycles. The third kappa shape index (κ3) is 4.18. The standard InChI is InChI=1S/C14H27N3O4S/c1-4-21-8-7-16-5-6-17(9-14(18)15(2)3)13-11-22(19,20)10-12(13)16/h12-13H,4-11H2,1-3H3/t12-,13+/m0/s1. The van der Waals surface area contributed by atoms with Gasteiger partial charge in [0.05, 0.1) is 24.7 Å². The molecule has 8 heteroatoms. The van der Waals surface area contributed by atoms with Gasteiger partial charge >= 0.3 is 0 Å². The number of ether oxygens (including phenoxy) is 1. The zero-order chi connectivity index (χ0) is 16.3. The van der Waals surface area contributed by atoms with Crippen LogP contribution in [0.3, 0.4) is 0 Å². The number of fused-ring (bicyclic) bond motifs is 1. The molecule has 2 atom stereocenters. The molecule has 22 heavy (non-hydrogen) atoms. The lowest BCUT2D eigenvalue weighted by Crippen LogP contribution is -2.60. The maximum absolute atomic E-state index is 12.1. The molecule has 2 rings (SSSR count). The maximum Gasteiger partial charge on any atom is 0.236 e. The first kappa shape index (κ1) is 17.7. The van der Waals surface area contributed by atoms with Crippen molar-refractivity contribution >= 4 is 15.7 Å². The largest absolute Gasteiger partial charge is 0.380 e. The highest BCUT2D eigenvalue weighted by molar-refractivity contribution is 7.91. The summed E-state index contributed by atoms with van der Waals surface area (Å²) in [4.78, 5) is 17.8. The van der Waals surface area contributed by atoms with E-state index < -0.39 is 9.84 Å². The molecule has 128 valence electrons. The van der Waals surface area contributed by atoms with E-state index in [4.69, 9.17) is 4.74 Å². The normalized spacial score (nSPS) is 28.5. The zero-order valence-corrected chi connectivity index (χ0v) is 14.5. The first-order chi connectivity index (χ1) is 10.3. The lowest BCUT2D eigenvalue weighted by atomic mass is 10.0. The number of hydrogen-bond donors (Lipinski definition) is 0. The minimum Gasteiger partial charge on any atom is -0.380 e.